The molecule has 0 bridgehead atoms. The lowest BCUT2D eigenvalue weighted by Crippen LogP contribution is -2.03. The van der Waals surface area contributed by atoms with Crippen LogP contribution in [0.15, 0.2) is 36.4 Å². The monoisotopic (exact) mass is 310 g/mol. The second-order valence-electron chi connectivity index (χ2n) is 6.33. The number of rotatable bonds is 8. The zero-order valence-corrected chi connectivity index (χ0v) is 15.0. The molecule has 0 aliphatic carbocycles. The summed E-state index contributed by atoms with van der Waals surface area (Å²) in [5, 5.41) is 6.96. The van der Waals surface area contributed by atoms with E-state index >= 15 is 0 Å². The first-order chi connectivity index (χ1) is 11.1. The molecule has 2 nitrogen and oxygen atoms in total. The maximum absolute atomic E-state index is 3.48. The average Bonchev–Trinajstić information content (AvgIpc) is 2.53. The summed E-state index contributed by atoms with van der Waals surface area (Å²) >= 11 is 0. The van der Waals surface area contributed by atoms with Gasteiger partial charge in [-0.25, -0.2) is 0 Å². The Morgan fingerprint density at radius 1 is 0.696 bits per heavy atom. The standard InChI is InChI=1S/C21H30N2/c1-5-11-22-20-9-7-18(13-16(20)3)15-19-8-10-21(17(4)14-19)23-12-6-2/h7-10,13-14,22-23H,5-6,11-12,15H2,1-4H3. The van der Waals surface area contributed by atoms with Crippen molar-refractivity contribution in [3.05, 3.63) is 58.7 Å². The Morgan fingerprint density at radius 2 is 1.13 bits per heavy atom. The summed E-state index contributed by atoms with van der Waals surface area (Å²) in [7, 11) is 0. The van der Waals surface area contributed by atoms with Crippen molar-refractivity contribution < 1.29 is 0 Å². The largest absolute Gasteiger partial charge is 0.385 e. The van der Waals surface area contributed by atoms with Crippen LogP contribution in [0.2, 0.25) is 0 Å². The van der Waals surface area contributed by atoms with Gasteiger partial charge >= 0.3 is 0 Å². The molecule has 0 spiro atoms. The quantitative estimate of drug-likeness (QED) is 0.669. The smallest absolute Gasteiger partial charge is 0.0370 e. The van der Waals surface area contributed by atoms with Crippen LogP contribution in [0.4, 0.5) is 11.4 Å². The highest BCUT2D eigenvalue weighted by molar-refractivity contribution is 5.54. The van der Waals surface area contributed by atoms with Crippen molar-refractivity contribution >= 4 is 11.4 Å². The molecule has 0 aliphatic rings. The number of aryl methyl sites for hydroxylation is 2. The van der Waals surface area contributed by atoms with Crippen LogP contribution >= 0.6 is 0 Å². The third kappa shape index (κ3) is 5.02. The molecule has 0 atom stereocenters. The van der Waals surface area contributed by atoms with Gasteiger partial charge in [-0.15, -0.1) is 0 Å². The van der Waals surface area contributed by atoms with E-state index in [2.05, 4.69) is 74.7 Å². The van der Waals surface area contributed by atoms with Gasteiger partial charge in [-0.3, -0.25) is 0 Å². The van der Waals surface area contributed by atoms with Gasteiger partial charge in [-0.2, -0.15) is 0 Å². The number of anilines is 2. The summed E-state index contributed by atoms with van der Waals surface area (Å²) in [6.45, 7) is 10.8. The van der Waals surface area contributed by atoms with E-state index in [1.165, 1.54) is 33.6 Å². The second-order valence-corrected chi connectivity index (χ2v) is 6.33. The highest BCUT2D eigenvalue weighted by Gasteiger charge is 2.03. The second kappa shape index (κ2) is 8.61. The molecule has 0 heterocycles. The number of nitrogens with one attached hydrogen (secondary N) is 2. The molecule has 0 saturated heterocycles. The fourth-order valence-electron chi connectivity index (χ4n) is 2.82. The zero-order valence-electron chi connectivity index (χ0n) is 15.0. The van der Waals surface area contributed by atoms with Gasteiger partial charge in [-0.05, 0) is 67.5 Å². The van der Waals surface area contributed by atoms with Crippen LogP contribution in [0.3, 0.4) is 0 Å². The lowest BCUT2D eigenvalue weighted by Gasteiger charge is -2.12. The molecule has 0 unspecified atom stereocenters. The van der Waals surface area contributed by atoms with Gasteiger partial charge < -0.3 is 10.6 Å². The number of hydrogen-bond acceptors (Lipinski definition) is 2. The van der Waals surface area contributed by atoms with Gasteiger partial charge in [0, 0.05) is 24.5 Å². The first-order valence-electron chi connectivity index (χ1n) is 8.80. The summed E-state index contributed by atoms with van der Waals surface area (Å²) in [6.07, 6.45) is 3.29. The normalized spacial score (nSPS) is 10.6. The van der Waals surface area contributed by atoms with E-state index in [-0.39, 0.29) is 0 Å². The zero-order chi connectivity index (χ0) is 16.7. The van der Waals surface area contributed by atoms with E-state index in [9.17, 15) is 0 Å². The molecule has 23 heavy (non-hydrogen) atoms. The summed E-state index contributed by atoms with van der Waals surface area (Å²) in [5.41, 5.74) is 7.91. The highest BCUT2D eigenvalue weighted by Crippen LogP contribution is 2.21. The Hall–Kier alpha value is -1.96. The molecule has 124 valence electrons. The first-order valence-corrected chi connectivity index (χ1v) is 8.80. The summed E-state index contributed by atoms with van der Waals surface area (Å²) in [6, 6.07) is 13.5. The molecule has 0 radical (unpaired) electrons. The summed E-state index contributed by atoms with van der Waals surface area (Å²) in [4.78, 5) is 0. The topological polar surface area (TPSA) is 24.1 Å². The molecule has 0 aliphatic heterocycles. The van der Waals surface area contributed by atoms with Gasteiger partial charge in [0.2, 0.25) is 0 Å². The minimum absolute atomic E-state index is 0.990. The van der Waals surface area contributed by atoms with E-state index < -0.39 is 0 Å². The lowest BCUT2D eigenvalue weighted by atomic mass is 10.00. The van der Waals surface area contributed by atoms with E-state index in [1.807, 2.05) is 0 Å². The van der Waals surface area contributed by atoms with Crippen LogP contribution in [0.1, 0.15) is 48.9 Å². The molecule has 2 rings (SSSR count). The van der Waals surface area contributed by atoms with Crippen molar-refractivity contribution in [2.24, 2.45) is 0 Å². The molecule has 2 N–H and O–H groups in total. The van der Waals surface area contributed by atoms with Crippen molar-refractivity contribution in [1.82, 2.24) is 0 Å². The lowest BCUT2D eigenvalue weighted by molar-refractivity contribution is 0.976. The van der Waals surface area contributed by atoms with Crippen molar-refractivity contribution in [1.29, 1.82) is 0 Å². The maximum Gasteiger partial charge on any atom is 0.0370 e. The Labute approximate surface area is 141 Å². The van der Waals surface area contributed by atoms with E-state index in [0.717, 1.165) is 32.4 Å². The predicted molar refractivity (Wildman–Crippen MR) is 103 cm³/mol. The van der Waals surface area contributed by atoms with Crippen LogP contribution < -0.4 is 10.6 Å². The molecule has 2 aromatic rings. The molecular weight excluding hydrogens is 280 g/mol. The van der Waals surface area contributed by atoms with Crippen LogP contribution in [-0.2, 0) is 6.42 Å². The third-order valence-corrected chi connectivity index (χ3v) is 4.12. The molecular formula is C21H30N2. The van der Waals surface area contributed by atoms with Gasteiger partial charge in [-0.1, -0.05) is 38.1 Å². The van der Waals surface area contributed by atoms with Gasteiger partial charge in [0.15, 0.2) is 0 Å². The van der Waals surface area contributed by atoms with Gasteiger partial charge in [0.1, 0.15) is 0 Å². The average molecular weight is 310 g/mol. The fraction of sp³-hybridized carbons (Fsp3) is 0.429. The van der Waals surface area contributed by atoms with Crippen molar-refractivity contribution in [2.75, 3.05) is 23.7 Å². The Morgan fingerprint density at radius 3 is 1.48 bits per heavy atom. The third-order valence-electron chi connectivity index (χ3n) is 4.12. The van der Waals surface area contributed by atoms with Crippen molar-refractivity contribution in [3.8, 4) is 0 Å². The van der Waals surface area contributed by atoms with E-state index in [0.29, 0.717) is 0 Å². The highest BCUT2D eigenvalue weighted by atomic mass is 14.9. The molecule has 2 heteroatoms. The number of hydrogen-bond donors (Lipinski definition) is 2. The number of benzene rings is 2. The molecule has 0 amide bonds. The predicted octanol–water partition coefficient (Wildman–Crippen LogP) is 5.54. The van der Waals surface area contributed by atoms with Crippen LogP contribution in [0.25, 0.3) is 0 Å². The van der Waals surface area contributed by atoms with E-state index in [1.54, 1.807) is 0 Å². The van der Waals surface area contributed by atoms with Crippen LogP contribution in [0.5, 0.6) is 0 Å². The Kier molecular flexibility index (Phi) is 6.52. The summed E-state index contributed by atoms with van der Waals surface area (Å²) < 4.78 is 0. The SMILES string of the molecule is CCCNc1ccc(Cc2ccc(NCCC)c(C)c2)cc1C. The maximum atomic E-state index is 3.48. The molecule has 0 aromatic heterocycles. The van der Waals surface area contributed by atoms with Crippen molar-refractivity contribution in [3.63, 3.8) is 0 Å². The van der Waals surface area contributed by atoms with Crippen LogP contribution in [-0.4, -0.2) is 13.1 Å². The van der Waals surface area contributed by atoms with E-state index in [4.69, 9.17) is 0 Å². The Balaban J connectivity index is 2.07. The summed E-state index contributed by atoms with van der Waals surface area (Å²) in [5.74, 6) is 0. The minimum Gasteiger partial charge on any atom is -0.385 e. The van der Waals surface area contributed by atoms with Crippen LogP contribution in [0, 0.1) is 13.8 Å². The minimum atomic E-state index is 0.990. The van der Waals surface area contributed by atoms with Gasteiger partial charge in [0.05, 0.1) is 0 Å². The first kappa shape index (κ1) is 17.4. The van der Waals surface area contributed by atoms with Gasteiger partial charge in [0.25, 0.3) is 0 Å². The molecule has 0 fully saturated rings. The fourth-order valence-corrected chi connectivity index (χ4v) is 2.82. The Bertz CT molecular complexity index is 576. The molecule has 0 saturated carbocycles. The van der Waals surface area contributed by atoms with Crippen molar-refractivity contribution in [2.45, 2.75) is 47.0 Å². The molecule has 2 aromatic carbocycles.